The van der Waals surface area contributed by atoms with Crippen molar-refractivity contribution in [1.82, 2.24) is 4.98 Å². The molecule has 0 aliphatic rings. The average Bonchev–Trinajstić information content (AvgIpc) is 3.07. The lowest BCUT2D eigenvalue weighted by atomic mass is 9.88. The quantitative estimate of drug-likeness (QED) is 0.723. The molecule has 6 heteroatoms. The molecule has 0 fully saturated rings. The van der Waals surface area contributed by atoms with E-state index in [1.165, 1.54) is 0 Å². The summed E-state index contributed by atoms with van der Waals surface area (Å²) in [5.41, 5.74) is 2.40. The van der Waals surface area contributed by atoms with Crippen molar-refractivity contribution < 1.29 is 4.79 Å². The van der Waals surface area contributed by atoms with Gasteiger partial charge in [-0.05, 0) is 37.6 Å². The van der Waals surface area contributed by atoms with Crippen LogP contribution in [0.15, 0.2) is 29.6 Å². The van der Waals surface area contributed by atoms with E-state index >= 15 is 0 Å². The van der Waals surface area contributed by atoms with E-state index in [0.717, 1.165) is 35.2 Å². The Bertz CT molecular complexity index is 694. The zero-order valence-electron chi connectivity index (χ0n) is 15.7. The fourth-order valence-corrected chi connectivity index (χ4v) is 3.15. The molecular weight excluding hydrogens is 332 g/mol. The van der Waals surface area contributed by atoms with Crippen LogP contribution in [0.4, 0.5) is 16.5 Å². The summed E-state index contributed by atoms with van der Waals surface area (Å²) in [6, 6.07) is 7.93. The molecule has 1 amide bonds. The van der Waals surface area contributed by atoms with Crippen molar-refractivity contribution in [2.45, 2.75) is 40.7 Å². The first-order valence-corrected chi connectivity index (χ1v) is 9.57. The number of hydrogen-bond donors (Lipinski definition) is 2. The molecule has 0 saturated carbocycles. The van der Waals surface area contributed by atoms with Crippen LogP contribution in [0.3, 0.4) is 0 Å². The van der Waals surface area contributed by atoms with Crippen LogP contribution in [0.2, 0.25) is 0 Å². The van der Waals surface area contributed by atoms with Gasteiger partial charge in [0.1, 0.15) is 0 Å². The second-order valence-electron chi connectivity index (χ2n) is 6.60. The molecule has 1 aromatic carbocycles. The molecule has 5 nitrogen and oxygen atoms in total. The van der Waals surface area contributed by atoms with Crippen LogP contribution in [0.25, 0.3) is 0 Å². The van der Waals surface area contributed by atoms with Crippen molar-refractivity contribution in [1.29, 1.82) is 0 Å². The van der Waals surface area contributed by atoms with Crippen LogP contribution in [0.1, 0.15) is 39.8 Å². The Kier molecular flexibility index (Phi) is 6.42. The Morgan fingerprint density at radius 2 is 1.92 bits per heavy atom. The minimum Gasteiger partial charge on any atom is -0.388 e. The van der Waals surface area contributed by atoms with Gasteiger partial charge in [0, 0.05) is 35.8 Å². The zero-order chi connectivity index (χ0) is 18.4. The highest BCUT2D eigenvalue weighted by Gasteiger charge is 2.31. The summed E-state index contributed by atoms with van der Waals surface area (Å²) in [4.78, 5) is 19.6. The third-order valence-corrected chi connectivity index (χ3v) is 5.22. The number of nitrogens with zero attached hydrogens (tertiary/aromatic N) is 2. The number of amides is 1. The molecule has 25 heavy (non-hydrogen) atoms. The highest BCUT2D eigenvalue weighted by Crippen LogP contribution is 2.29. The second kappa shape index (κ2) is 8.34. The van der Waals surface area contributed by atoms with E-state index in [9.17, 15) is 4.79 Å². The van der Waals surface area contributed by atoms with Gasteiger partial charge in [-0.1, -0.05) is 20.8 Å². The van der Waals surface area contributed by atoms with Crippen molar-refractivity contribution >= 4 is 33.8 Å². The Morgan fingerprint density at radius 3 is 2.48 bits per heavy atom. The Balaban J connectivity index is 2.31. The van der Waals surface area contributed by atoms with E-state index in [0.29, 0.717) is 6.54 Å². The third kappa shape index (κ3) is 4.72. The predicted molar refractivity (Wildman–Crippen MR) is 108 cm³/mol. The fraction of sp³-hybridized carbons (Fsp3) is 0.474. The van der Waals surface area contributed by atoms with E-state index in [2.05, 4.69) is 15.6 Å². The summed E-state index contributed by atoms with van der Waals surface area (Å²) >= 11 is 1.57. The van der Waals surface area contributed by atoms with Gasteiger partial charge < -0.3 is 15.5 Å². The molecule has 1 heterocycles. The fourth-order valence-electron chi connectivity index (χ4n) is 2.38. The molecule has 0 aliphatic carbocycles. The molecular formula is C19H28N4OS. The standard InChI is InChI=1S/C19H28N4OS/c1-6-19(3,4)17(24)23(16-10-8-14(20-5)9-11-16)12-15-13-25-18(22-15)21-7-2/h8-11,13,20H,6-7,12H2,1-5H3,(H,21,22). The van der Waals surface area contributed by atoms with Crippen LogP contribution >= 0.6 is 11.3 Å². The third-order valence-electron chi connectivity index (χ3n) is 4.38. The van der Waals surface area contributed by atoms with Gasteiger partial charge in [0.25, 0.3) is 0 Å². The van der Waals surface area contributed by atoms with E-state index < -0.39 is 5.41 Å². The molecule has 1 aromatic heterocycles. The van der Waals surface area contributed by atoms with E-state index in [1.54, 1.807) is 11.3 Å². The van der Waals surface area contributed by atoms with Crippen LogP contribution in [0, 0.1) is 5.41 Å². The lowest BCUT2D eigenvalue weighted by Gasteiger charge is -2.31. The first-order valence-electron chi connectivity index (χ1n) is 8.69. The maximum Gasteiger partial charge on any atom is 0.232 e. The molecule has 2 aromatic rings. The Hall–Kier alpha value is -2.08. The molecule has 2 rings (SSSR count). The minimum atomic E-state index is -0.414. The highest BCUT2D eigenvalue weighted by molar-refractivity contribution is 7.13. The normalized spacial score (nSPS) is 11.2. The van der Waals surface area contributed by atoms with Crippen molar-refractivity contribution in [3.8, 4) is 0 Å². The van der Waals surface area contributed by atoms with Gasteiger partial charge in [0.15, 0.2) is 5.13 Å². The maximum absolute atomic E-state index is 13.2. The number of carbonyl (C=O) groups is 1. The molecule has 0 bridgehead atoms. The Labute approximate surface area is 154 Å². The van der Waals surface area contributed by atoms with Gasteiger partial charge in [0.05, 0.1) is 12.2 Å². The van der Waals surface area contributed by atoms with Crippen LogP contribution in [0.5, 0.6) is 0 Å². The summed E-state index contributed by atoms with van der Waals surface area (Å²) in [7, 11) is 1.88. The predicted octanol–water partition coefficient (Wildman–Crippen LogP) is 4.59. The monoisotopic (exact) mass is 360 g/mol. The molecule has 2 N–H and O–H groups in total. The number of anilines is 3. The first-order chi connectivity index (χ1) is 11.9. The summed E-state index contributed by atoms with van der Waals surface area (Å²) in [6.45, 7) is 9.40. The van der Waals surface area contributed by atoms with Gasteiger partial charge in [0.2, 0.25) is 5.91 Å². The minimum absolute atomic E-state index is 0.116. The number of benzene rings is 1. The topological polar surface area (TPSA) is 57.3 Å². The molecule has 0 unspecified atom stereocenters. The smallest absolute Gasteiger partial charge is 0.232 e. The molecule has 0 saturated heterocycles. The van der Waals surface area contributed by atoms with E-state index in [4.69, 9.17) is 0 Å². The molecule has 0 aliphatic heterocycles. The highest BCUT2D eigenvalue weighted by atomic mass is 32.1. The number of thiazole rings is 1. The average molecular weight is 361 g/mol. The maximum atomic E-state index is 13.2. The zero-order valence-corrected chi connectivity index (χ0v) is 16.5. The van der Waals surface area contributed by atoms with Crippen molar-refractivity contribution in [3.63, 3.8) is 0 Å². The molecule has 0 radical (unpaired) electrons. The van der Waals surface area contributed by atoms with E-state index in [1.807, 2.05) is 69.3 Å². The van der Waals surface area contributed by atoms with Crippen molar-refractivity contribution in [2.75, 3.05) is 29.1 Å². The van der Waals surface area contributed by atoms with Gasteiger partial charge >= 0.3 is 0 Å². The summed E-state index contributed by atoms with van der Waals surface area (Å²) in [5.74, 6) is 0.116. The Morgan fingerprint density at radius 1 is 1.24 bits per heavy atom. The van der Waals surface area contributed by atoms with Crippen molar-refractivity contribution in [2.24, 2.45) is 5.41 Å². The summed E-state index contributed by atoms with van der Waals surface area (Å²) < 4.78 is 0. The van der Waals surface area contributed by atoms with Gasteiger partial charge in [-0.3, -0.25) is 4.79 Å². The molecule has 0 atom stereocenters. The van der Waals surface area contributed by atoms with Crippen LogP contribution in [-0.2, 0) is 11.3 Å². The number of rotatable bonds is 8. The van der Waals surface area contributed by atoms with Gasteiger partial charge in [-0.15, -0.1) is 11.3 Å². The summed E-state index contributed by atoms with van der Waals surface area (Å²) in [6.07, 6.45) is 0.788. The first kappa shape index (κ1) is 19.2. The van der Waals surface area contributed by atoms with Crippen LogP contribution in [-0.4, -0.2) is 24.5 Å². The van der Waals surface area contributed by atoms with Crippen molar-refractivity contribution in [3.05, 3.63) is 35.3 Å². The number of aromatic nitrogens is 1. The lowest BCUT2D eigenvalue weighted by Crippen LogP contribution is -2.40. The second-order valence-corrected chi connectivity index (χ2v) is 7.46. The molecule has 136 valence electrons. The van der Waals surface area contributed by atoms with Gasteiger partial charge in [-0.2, -0.15) is 0 Å². The van der Waals surface area contributed by atoms with E-state index in [-0.39, 0.29) is 5.91 Å². The number of carbonyl (C=O) groups excluding carboxylic acids is 1. The lowest BCUT2D eigenvalue weighted by molar-refractivity contribution is -0.126. The summed E-state index contributed by atoms with van der Waals surface area (Å²) in [5, 5.41) is 9.24. The SMILES string of the molecule is CCNc1nc(CN(C(=O)C(C)(C)CC)c2ccc(NC)cc2)cs1. The van der Waals surface area contributed by atoms with Gasteiger partial charge in [-0.25, -0.2) is 4.98 Å². The number of nitrogens with one attached hydrogen (secondary N) is 2. The largest absolute Gasteiger partial charge is 0.388 e. The van der Waals surface area contributed by atoms with Crippen LogP contribution < -0.4 is 15.5 Å². The number of hydrogen-bond acceptors (Lipinski definition) is 5. The molecule has 0 spiro atoms.